The standard InChI is InChI=1S/C17H18N2O4S2/c1-11(20)24-14-9-16(17(18)21)19(10-14)25(22,23)15-7-6-12-4-2-3-5-13(12)8-15/h2-8,14,16H,9-10H2,1H3,(H2,18,21). The first-order valence-corrected chi connectivity index (χ1v) is 10.1. The maximum atomic E-state index is 13.0. The van der Waals surface area contributed by atoms with E-state index in [1.54, 1.807) is 12.1 Å². The van der Waals surface area contributed by atoms with Crippen molar-refractivity contribution in [3.63, 3.8) is 0 Å². The second-order valence-corrected chi connectivity index (χ2v) is 9.34. The van der Waals surface area contributed by atoms with Crippen molar-refractivity contribution in [1.29, 1.82) is 0 Å². The number of primary amides is 1. The average Bonchev–Trinajstić information content (AvgIpc) is 2.98. The van der Waals surface area contributed by atoms with Gasteiger partial charge in [0, 0.05) is 18.7 Å². The molecular weight excluding hydrogens is 360 g/mol. The molecule has 6 nitrogen and oxygen atoms in total. The number of amides is 1. The van der Waals surface area contributed by atoms with E-state index >= 15 is 0 Å². The fourth-order valence-electron chi connectivity index (χ4n) is 3.08. The van der Waals surface area contributed by atoms with Gasteiger partial charge in [-0.15, -0.1) is 0 Å². The molecule has 1 fully saturated rings. The zero-order valence-corrected chi connectivity index (χ0v) is 15.2. The van der Waals surface area contributed by atoms with Gasteiger partial charge in [-0.25, -0.2) is 8.42 Å². The number of sulfonamides is 1. The lowest BCUT2D eigenvalue weighted by Gasteiger charge is -2.21. The van der Waals surface area contributed by atoms with Crippen LogP contribution in [0.4, 0.5) is 0 Å². The summed E-state index contributed by atoms with van der Waals surface area (Å²) in [6.07, 6.45) is 0.242. The Hall–Kier alpha value is -1.90. The molecule has 0 saturated carbocycles. The number of rotatable bonds is 4. The van der Waals surface area contributed by atoms with Crippen LogP contribution in [0.3, 0.4) is 0 Å². The van der Waals surface area contributed by atoms with E-state index in [-0.39, 0.29) is 28.2 Å². The second-order valence-electron chi connectivity index (χ2n) is 5.97. The number of thioether (sulfide) groups is 1. The number of carbonyl (C=O) groups excluding carboxylic acids is 2. The van der Waals surface area contributed by atoms with Crippen LogP contribution in [0.2, 0.25) is 0 Å². The van der Waals surface area contributed by atoms with Gasteiger partial charge in [0.15, 0.2) is 5.12 Å². The molecular formula is C17H18N2O4S2. The number of carbonyl (C=O) groups is 2. The topological polar surface area (TPSA) is 97.5 Å². The molecule has 0 bridgehead atoms. The van der Waals surface area contributed by atoms with E-state index in [1.807, 2.05) is 24.3 Å². The predicted octanol–water partition coefficient (Wildman–Crippen LogP) is 1.74. The number of nitrogens with zero attached hydrogens (tertiary/aromatic N) is 1. The van der Waals surface area contributed by atoms with Crippen LogP contribution in [0.15, 0.2) is 47.4 Å². The third-order valence-electron chi connectivity index (χ3n) is 4.21. The van der Waals surface area contributed by atoms with Crippen molar-refractivity contribution < 1.29 is 18.0 Å². The first-order chi connectivity index (χ1) is 11.8. The minimum absolute atomic E-state index is 0.0903. The summed E-state index contributed by atoms with van der Waals surface area (Å²) in [5.41, 5.74) is 5.41. The molecule has 1 aliphatic heterocycles. The third kappa shape index (κ3) is 3.56. The average molecular weight is 378 g/mol. The van der Waals surface area contributed by atoms with Crippen LogP contribution in [0.25, 0.3) is 10.8 Å². The molecule has 132 valence electrons. The Morgan fingerprint density at radius 1 is 1.16 bits per heavy atom. The summed E-state index contributed by atoms with van der Waals surface area (Å²) in [4.78, 5) is 23.2. The number of fused-ring (bicyclic) bond motifs is 1. The Morgan fingerprint density at radius 2 is 1.84 bits per heavy atom. The Kier molecular flexibility index (Phi) is 4.86. The minimum atomic E-state index is -3.89. The van der Waals surface area contributed by atoms with Crippen LogP contribution < -0.4 is 5.73 Å². The van der Waals surface area contributed by atoms with Crippen molar-refractivity contribution in [1.82, 2.24) is 4.31 Å². The SMILES string of the molecule is CC(=O)SC1CC(C(N)=O)N(S(=O)(=O)c2ccc3ccccc3c2)C1. The lowest BCUT2D eigenvalue weighted by atomic mass is 10.1. The summed E-state index contributed by atoms with van der Waals surface area (Å²) in [5.74, 6) is -0.698. The fraction of sp³-hybridized carbons (Fsp3) is 0.294. The molecule has 0 spiro atoms. The van der Waals surface area contributed by atoms with Crippen molar-refractivity contribution in [2.24, 2.45) is 5.73 Å². The van der Waals surface area contributed by atoms with Crippen molar-refractivity contribution in [3.05, 3.63) is 42.5 Å². The fourth-order valence-corrected chi connectivity index (χ4v) is 5.84. The van der Waals surface area contributed by atoms with Crippen LogP contribution in [-0.4, -0.2) is 41.6 Å². The van der Waals surface area contributed by atoms with E-state index in [0.717, 1.165) is 26.8 Å². The lowest BCUT2D eigenvalue weighted by molar-refractivity contribution is -0.121. The number of benzene rings is 2. The van der Waals surface area contributed by atoms with Gasteiger partial charge in [-0.3, -0.25) is 9.59 Å². The number of hydrogen-bond acceptors (Lipinski definition) is 5. The van der Waals surface area contributed by atoms with Crippen LogP contribution in [0.1, 0.15) is 13.3 Å². The zero-order valence-electron chi connectivity index (χ0n) is 13.6. The van der Waals surface area contributed by atoms with Crippen molar-refractivity contribution in [2.45, 2.75) is 29.5 Å². The normalized spacial score (nSPS) is 21.5. The number of hydrogen-bond donors (Lipinski definition) is 1. The highest BCUT2D eigenvalue weighted by Crippen LogP contribution is 2.33. The molecule has 2 N–H and O–H groups in total. The van der Waals surface area contributed by atoms with E-state index < -0.39 is 22.0 Å². The van der Waals surface area contributed by atoms with E-state index in [9.17, 15) is 18.0 Å². The van der Waals surface area contributed by atoms with Crippen LogP contribution >= 0.6 is 11.8 Å². The molecule has 2 atom stereocenters. The van der Waals surface area contributed by atoms with Gasteiger partial charge in [0.05, 0.1) is 4.90 Å². The largest absolute Gasteiger partial charge is 0.368 e. The van der Waals surface area contributed by atoms with Gasteiger partial charge in [-0.1, -0.05) is 42.1 Å². The molecule has 0 aromatic heterocycles. The maximum Gasteiger partial charge on any atom is 0.243 e. The quantitative estimate of drug-likeness (QED) is 0.874. The molecule has 1 heterocycles. The van der Waals surface area contributed by atoms with E-state index in [4.69, 9.17) is 5.73 Å². The highest BCUT2D eigenvalue weighted by molar-refractivity contribution is 8.14. The highest BCUT2D eigenvalue weighted by atomic mass is 32.2. The third-order valence-corrected chi connectivity index (χ3v) is 7.08. The molecule has 2 unspecified atom stereocenters. The summed E-state index contributed by atoms with van der Waals surface area (Å²) < 4.78 is 27.2. The van der Waals surface area contributed by atoms with Crippen LogP contribution in [0.5, 0.6) is 0 Å². The Balaban J connectivity index is 1.98. The molecule has 1 aliphatic rings. The maximum absolute atomic E-state index is 13.0. The Morgan fingerprint density at radius 3 is 2.48 bits per heavy atom. The second kappa shape index (κ2) is 6.78. The van der Waals surface area contributed by atoms with Crippen LogP contribution in [-0.2, 0) is 19.6 Å². The lowest BCUT2D eigenvalue weighted by Crippen LogP contribution is -2.43. The molecule has 1 amide bonds. The predicted molar refractivity (Wildman–Crippen MR) is 97.5 cm³/mol. The number of nitrogens with two attached hydrogens (primary N) is 1. The van der Waals surface area contributed by atoms with Gasteiger partial charge >= 0.3 is 0 Å². The molecule has 1 saturated heterocycles. The van der Waals surface area contributed by atoms with Gasteiger partial charge < -0.3 is 5.73 Å². The molecule has 0 aliphatic carbocycles. The van der Waals surface area contributed by atoms with Gasteiger partial charge in [-0.2, -0.15) is 4.31 Å². The summed E-state index contributed by atoms with van der Waals surface area (Å²) in [6, 6.07) is 11.4. The highest BCUT2D eigenvalue weighted by Gasteiger charge is 2.43. The monoisotopic (exact) mass is 378 g/mol. The molecule has 2 aromatic carbocycles. The van der Waals surface area contributed by atoms with Gasteiger partial charge in [-0.05, 0) is 29.3 Å². The molecule has 25 heavy (non-hydrogen) atoms. The first-order valence-electron chi connectivity index (χ1n) is 7.76. The van der Waals surface area contributed by atoms with E-state index in [1.165, 1.54) is 13.0 Å². The first kappa shape index (κ1) is 17.9. The van der Waals surface area contributed by atoms with Crippen LogP contribution in [0, 0.1) is 0 Å². The van der Waals surface area contributed by atoms with Crippen molar-refractivity contribution >= 4 is 43.6 Å². The molecule has 2 aromatic rings. The summed E-state index contributed by atoms with van der Waals surface area (Å²) in [7, 11) is -3.89. The Labute approximate surface area is 150 Å². The molecule has 8 heteroatoms. The van der Waals surface area contributed by atoms with Gasteiger partial charge in [0.25, 0.3) is 0 Å². The van der Waals surface area contributed by atoms with Crippen molar-refractivity contribution in [3.8, 4) is 0 Å². The Bertz CT molecular complexity index is 943. The zero-order chi connectivity index (χ0) is 18.2. The summed E-state index contributed by atoms with van der Waals surface area (Å²) >= 11 is 1.05. The minimum Gasteiger partial charge on any atom is -0.368 e. The van der Waals surface area contributed by atoms with E-state index in [0.29, 0.717) is 0 Å². The summed E-state index contributed by atoms with van der Waals surface area (Å²) in [6.45, 7) is 1.51. The molecule has 0 radical (unpaired) electrons. The van der Waals surface area contributed by atoms with Crippen molar-refractivity contribution in [2.75, 3.05) is 6.54 Å². The molecule has 3 rings (SSSR count). The van der Waals surface area contributed by atoms with E-state index in [2.05, 4.69) is 0 Å². The van der Waals surface area contributed by atoms with Gasteiger partial charge in [0.2, 0.25) is 15.9 Å². The van der Waals surface area contributed by atoms with Gasteiger partial charge in [0.1, 0.15) is 6.04 Å². The summed E-state index contributed by atoms with van der Waals surface area (Å²) in [5, 5.41) is 1.34. The smallest absolute Gasteiger partial charge is 0.243 e.